The van der Waals surface area contributed by atoms with E-state index in [4.69, 9.17) is 0 Å². The van der Waals surface area contributed by atoms with Gasteiger partial charge in [0.1, 0.15) is 0 Å². The molecule has 1 fully saturated rings. The van der Waals surface area contributed by atoms with Crippen molar-refractivity contribution in [2.24, 2.45) is 0 Å². The molecule has 2 N–H and O–H groups in total. The minimum absolute atomic E-state index is 0.123. The molecule has 4 heteroatoms. The Morgan fingerprint density at radius 1 is 0.875 bits per heavy atom. The van der Waals surface area contributed by atoms with E-state index in [1.165, 1.54) is 0 Å². The maximum absolute atomic E-state index is 12.5. The maximum Gasteiger partial charge on any atom is 0.255 e. The van der Waals surface area contributed by atoms with Gasteiger partial charge < -0.3 is 10.6 Å². The van der Waals surface area contributed by atoms with E-state index in [0.29, 0.717) is 16.8 Å². The molecule has 0 unspecified atom stereocenters. The summed E-state index contributed by atoms with van der Waals surface area (Å²) in [6.07, 6.45) is 4.39. The number of amides is 2. The number of benzene rings is 2. The number of anilines is 1. The highest BCUT2D eigenvalue weighted by atomic mass is 16.2. The zero-order chi connectivity index (χ0) is 16.9. The van der Waals surface area contributed by atoms with Gasteiger partial charge in [-0.1, -0.05) is 43.2 Å². The Morgan fingerprint density at radius 3 is 2.21 bits per heavy atom. The number of para-hydroxylation sites is 1. The van der Waals surface area contributed by atoms with E-state index in [0.717, 1.165) is 31.2 Å². The van der Waals surface area contributed by atoms with Crippen LogP contribution in [0.4, 0.5) is 5.69 Å². The van der Waals surface area contributed by atoms with E-state index in [1.54, 1.807) is 18.2 Å². The van der Waals surface area contributed by atoms with Gasteiger partial charge in [-0.2, -0.15) is 0 Å². The second-order valence-corrected chi connectivity index (χ2v) is 6.27. The molecule has 1 aliphatic rings. The number of carbonyl (C=O) groups excluding carboxylic acids is 2. The summed E-state index contributed by atoms with van der Waals surface area (Å²) in [6.45, 7) is 1.90. The molecule has 0 aromatic heterocycles. The fourth-order valence-electron chi connectivity index (χ4n) is 3.14. The lowest BCUT2D eigenvalue weighted by molar-refractivity contribution is 0.0939. The van der Waals surface area contributed by atoms with Gasteiger partial charge in [0.25, 0.3) is 11.8 Å². The van der Waals surface area contributed by atoms with Gasteiger partial charge in [0.05, 0.1) is 11.3 Å². The van der Waals surface area contributed by atoms with Crippen molar-refractivity contribution in [2.45, 2.75) is 38.6 Å². The van der Waals surface area contributed by atoms with Gasteiger partial charge in [-0.05, 0) is 43.5 Å². The average molecular weight is 322 g/mol. The highest BCUT2D eigenvalue weighted by molar-refractivity contribution is 6.09. The minimum Gasteiger partial charge on any atom is -0.349 e. The van der Waals surface area contributed by atoms with Crippen LogP contribution in [-0.4, -0.2) is 17.9 Å². The molecule has 2 aromatic carbocycles. The lowest BCUT2D eigenvalue weighted by Gasteiger charge is -2.15. The van der Waals surface area contributed by atoms with Crippen molar-refractivity contribution in [3.63, 3.8) is 0 Å². The predicted molar refractivity (Wildman–Crippen MR) is 95.3 cm³/mol. The third kappa shape index (κ3) is 3.65. The Kier molecular flexibility index (Phi) is 4.94. The standard InChI is InChI=1S/C20H22N2O2/c1-14-8-2-5-11-16(14)19(23)22-18-13-7-6-12-17(18)20(24)21-15-9-3-4-10-15/h2,5-8,11-13,15H,3-4,9-10H2,1H3,(H,21,24)(H,22,23). The van der Waals surface area contributed by atoms with Gasteiger partial charge in [-0.25, -0.2) is 0 Å². The molecule has 2 amide bonds. The van der Waals surface area contributed by atoms with Crippen molar-refractivity contribution in [3.8, 4) is 0 Å². The third-order valence-electron chi connectivity index (χ3n) is 4.50. The van der Waals surface area contributed by atoms with Crippen LogP contribution in [0.2, 0.25) is 0 Å². The first-order valence-corrected chi connectivity index (χ1v) is 8.42. The van der Waals surface area contributed by atoms with E-state index < -0.39 is 0 Å². The summed E-state index contributed by atoms with van der Waals surface area (Å²) in [5, 5.41) is 5.94. The molecule has 0 heterocycles. The van der Waals surface area contributed by atoms with Crippen molar-refractivity contribution in [1.82, 2.24) is 5.32 Å². The van der Waals surface area contributed by atoms with Gasteiger partial charge in [-0.3, -0.25) is 9.59 Å². The van der Waals surface area contributed by atoms with Gasteiger partial charge in [0.2, 0.25) is 0 Å². The molecule has 0 aliphatic heterocycles. The van der Waals surface area contributed by atoms with E-state index in [2.05, 4.69) is 10.6 Å². The van der Waals surface area contributed by atoms with Crippen molar-refractivity contribution >= 4 is 17.5 Å². The van der Waals surface area contributed by atoms with Crippen LogP contribution in [0.1, 0.15) is 52.0 Å². The third-order valence-corrected chi connectivity index (χ3v) is 4.50. The summed E-state index contributed by atoms with van der Waals surface area (Å²) in [5.41, 5.74) is 2.57. The molecule has 0 saturated heterocycles. The van der Waals surface area contributed by atoms with Crippen LogP contribution in [0, 0.1) is 6.92 Å². The van der Waals surface area contributed by atoms with Crippen LogP contribution in [0.15, 0.2) is 48.5 Å². The molecule has 3 rings (SSSR count). The predicted octanol–water partition coefficient (Wildman–Crippen LogP) is 3.92. The summed E-state index contributed by atoms with van der Waals surface area (Å²) in [7, 11) is 0. The minimum atomic E-state index is -0.200. The first kappa shape index (κ1) is 16.2. The Hall–Kier alpha value is -2.62. The van der Waals surface area contributed by atoms with Gasteiger partial charge in [0, 0.05) is 11.6 Å². The summed E-state index contributed by atoms with van der Waals surface area (Å²) in [5.74, 6) is -0.322. The molecule has 2 aromatic rings. The number of nitrogens with one attached hydrogen (secondary N) is 2. The lowest BCUT2D eigenvalue weighted by Crippen LogP contribution is -2.33. The van der Waals surface area contributed by atoms with Crippen LogP contribution in [0.5, 0.6) is 0 Å². The Balaban J connectivity index is 1.77. The smallest absolute Gasteiger partial charge is 0.255 e. The van der Waals surface area contributed by atoms with Crippen molar-refractivity contribution in [2.75, 3.05) is 5.32 Å². The number of hydrogen-bond donors (Lipinski definition) is 2. The molecule has 0 atom stereocenters. The average Bonchev–Trinajstić information content (AvgIpc) is 3.08. The molecule has 1 aliphatic carbocycles. The monoisotopic (exact) mass is 322 g/mol. The van der Waals surface area contributed by atoms with E-state index >= 15 is 0 Å². The molecule has 124 valence electrons. The zero-order valence-corrected chi connectivity index (χ0v) is 13.8. The molecule has 0 radical (unpaired) electrons. The SMILES string of the molecule is Cc1ccccc1C(=O)Nc1ccccc1C(=O)NC1CCCC1. The summed E-state index contributed by atoms with van der Waals surface area (Å²) in [4.78, 5) is 25.1. The fraction of sp³-hybridized carbons (Fsp3) is 0.300. The highest BCUT2D eigenvalue weighted by Gasteiger charge is 2.20. The fourth-order valence-corrected chi connectivity index (χ4v) is 3.14. The summed E-state index contributed by atoms with van der Waals surface area (Å²) >= 11 is 0. The quantitative estimate of drug-likeness (QED) is 0.896. The molecular formula is C20H22N2O2. The lowest BCUT2D eigenvalue weighted by atomic mass is 10.1. The van der Waals surface area contributed by atoms with E-state index in [9.17, 15) is 9.59 Å². The summed E-state index contributed by atoms with van der Waals surface area (Å²) in [6, 6.07) is 14.8. The second-order valence-electron chi connectivity index (χ2n) is 6.27. The normalized spacial score (nSPS) is 14.4. The Bertz CT molecular complexity index is 749. The highest BCUT2D eigenvalue weighted by Crippen LogP contribution is 2.21. The second kappa shape index (κ2) is 7.30. The Morgan fingerprint density at radius 2 is 1.50 bits per heavy atom. The zero-order valence-electron chi connectivity index (χ0n) is 13.8. The molecular weight excluding hydrogens is 300 g/mol. The van der Waals surface area contributed by atoms with Crippen LogP contribution in [0.25, 0.3) is 0 Å². The largest absolute Gasteiger partial charge is 0.349 e. The van der Waals surface area contributed by atoms with E-state index in [1.807, 2.05) is 37.3 Å². The van der Waals surface area contributed by atoms with Gasteiger partial charge >= 0.3 is 0 Å². The number of aryl methyl sites for hydroxylation is 1. The van der Waals surface area contributed by atoms with Crippen LogP contribution in [0.3, 0.4) is 0 Å². The first-order chi connectivity index (χ1) is 11.6. The maximum atomic E-state index is 12.5. The Labute approximate surface area is 142 Å². The summed E-state index contributed by atoms with van der Waals surface area (Å²) < 4.78 is 0. The van der Waals surface area contributed by atoms with Crippen molar-refractivity contribution in [3.05, 3.63) is 65.2 Å². The topological polar surface area (TPSA) is 58.2 Å². The van der Waals surface area contributed by atoms with Crippen molar-refractivity contribution in [1.29, 1.82) is 0 Å². The molecule has 4 nitrogen and oxygen atoms in total. The molecule has 0 spiro atoms. The molecule has 1 saturated carbocycles. The first-order valence-electron chi connectivity index (χ1n) is 8.42. The van der Waals surface area contributed by atoms with Crippen LogP contribution < -0.4 is 10.6 Å². The number of rotatable bonds is 4. The van der Waals surface area contributed by atoms with Crippen LogP contribution in [-0.2, 0) is 0 Å². The van der Waals surface area contributed by atoms with Crippen molar-refractivity contribution < 1.29 is 9.59 Å². The van der Waals surface area contributed by atoms with Gasteiger partial charge in [-0.15, -0.1) is 0 Å². The van der Waals surface area contributed by atoms with Gasteiger partial charge in [0.15, 0.2) is 0 Å². The molecule has 0 bridgehead atoms. The van der Waals surface area contributed by atoms with Crippen LogP contribution >= 0.6 is 0 Å². The van der Waals surface area contributed by atoms with E-state index in [-0.39, 0.29) is 17.9 Å². The number of carbonyl (C=O) groups is 2. The molecule has 24 heavy (non-hydrogen) atoms. The number of hydrogen-bond acceptors (Lipinski definition) is 2.